The molecule has 0 saturated carbocycles. The molecule has 5 nitrogen and oxygen atoms in total. The highest BCUT2D eigenvalue weighted by Gasteiger charge is 2.35. The number of hydrogen-bond acceptors (Lipinski definition) is 3. The molecule has 0 spiro atoms. The summed E-state index contributed by atoms with van der Waals surface area (Å²) in [6.07, 6.45) is -4.66. The maximum atomic E-state index is 12.2. The Morgan fingerprint density at radius 3 is 2.54 bits per heavy atom. The van der Waals surface area contributed by atoms with Crippen molar-refractivity contribution in [1.82, 2.24) is 10.6 Å². The zero-order valence-electron chi connectivity index (χ0n) is 12.1. The van der Waals surface area contributed by atoms with Crippen molar-refractivity contribution >= 4 is 35.2 Å². The van der Waals surface area contributed by atoms with Crippen LogP contribution in [-0.4, -0.2) is 24.8 Å². The second kappa shape index (κ2) is 6.90. The first kappa shape index (κ1) is 18.4. The van der Waals surface area contributed by atoms with Crippen molar-refractivity contribution in [2.75, 3.05) is 6.61 Å². The van der Waals surface area contributed by atoms with E-state index in [1.807, 2.05) is 0 Å². The van der Waals surface area contributed by atoms with Crippen molar-refractivity contribution in [1.29, 1.82) is 0 Å². The van der Waals surface area contributed by atoms with E-state index in [0.717, 1.165) is 0 Å². The summed E-state index contributed by atoms with van der Waals surface area (Å²) in [5.41, 5.74) is 0.303. The number of hydrogen-bond donors (Lipinski definition) is 2. The minimum Gasteiger partial charge on any atom is -0.453 e. The molecule has 1 atom stereocenters. The molecule has 2 rings (SSSR count). The molecule has 0 radical (unpaired) electrons. The lowest BCUT2D eigenvalue weighted by Crippen LogP contribution is -2.45. The van der Waals surface area contributed by atoms with E-state index in [0.29, 0.717) is 5.56 Å². The van der Waals surface area contributed by atoms with E-state index in [9.17, 15) is 22.8 Å². The van der Waals surface area contributed by atoms with Gasteiger partial charge in [0.15, 0.2) is 6.61 Å². The number of esters is 1. The summed E-state index contributed by atoms with van der Waals surface area (Å²) in [4.78, 5) is 23.7. The van der Waals surface area contributed by atoms with E-state index >= 15 is 0 Å². The van der Waals surface area contributed by atoms with E-state index in [1.54, 1.807) is 0 Å². The molecule has 0 fully saturated rings. The molecule has 1 unspecified atom stereocenters. The Balaban J connectivity index is 2.36. The first-order valence-electron chi connectivity index (χ1n) is 6.55. The van der Waals surface area contributed by atoms with Gasteiger partial charge in [-0.05, 0) is 24.6 Å². The average Bonchev–Trinajstić information content (AvgIpc) is 2.46. The fourth-order valence-corrected chi connectivity index (χ4v) is 2.44. The highest BCUT2D eigenvalue weighted by Crippen LogP contribution is 2.32. The van der Waals surface area contributed by atoms with Gasteiger partial charge in [0, 0.05) is 5.70 Å². The van der Waals surface area contributed by atoms with Crippen LogP contribution in [0.4, 0.5) is 18.0 Å². The Bertz CT molecular complexity index is 720. The van der Waals surface area contributed by atoms with Gasteiger partial charge < -0.3 is 15.4 Å². The predicted molar refractivity (Wildman–Crippen MR) is 80.6 cm³/mol. The van der Waals surface area contributed by atoms with E-state index in [1.165, 1.54) is 25.1 Å². The molecule has 10 heteroatoms. The van der Waals surface area contributed by atoms with Crippen LogP contribution in [0.15, 0.2) is 29.5 Å². The van der Waals surface area contributed by atoms with Crippen LogP contribution in [0.2, 0.25) is 10.0 Å². The molecule has 0 saturated heterocycles. The highest BCUT2D eigenvalue weighted by atomic mass is 35.5. The molecule has 1 aromatic carbocycles. The van der Waals surface area contributed by atoms with E-state index < -0.39 is 30.8 Å². The van der Waals surface area contributed by atoms with Gasteiger partial charge in [0.1, 0.15) is 0 Å². The Kier molecular flexibility index (Phi) is 5.29. The number of rotatable bonds is 3. The number of alkyl halides is 3. The lowest BCUT2D eigenvalue weighted by Gasteiger charge is -2.28. The topological polar surface area (TPSA) is 67.4 Å². The molecule has 2 amide bonds. The largest absolute Gasteiger partial charge is 0.453 e. The van der Waals surface area contributed by atoms with Gasteiger partial charge in [-0.3, -0.25) is 0 Å². The van der Waals surface area contributed by atoms with Crippen LogP contribution in [0.1, 0.15) is 18.5 Å². The van der Waals surface area contributed by atoms with Gasteiger partial charge in [-0.2, -0.15) is 13.2 Å². The minimum atomic E-state index is -4.66. The van der Waals surface area contributed by atoms with Gasteiger partial charge >= 0.3 is 18.2 Å². The molecule has 24 heavy (non-hydrogen) atoms. The average molecular weight is 383 g/mol. The van der Waals surface area contributed by atoms with E-state index in [2.05, 4.69) is 15.4 Å². The van der Waals surface area contributed by atoms with E-state index in [-0.39, 0.29) is 21.3 Å². The Morgan fingerprint density at radius 1 is 1.29 bits per heavy atom. The summed E-state index contributed by atoms with van der Waals surface area (Å²) in [6, 6.07) is 2.71. The summed E-state index contributed by atoms with van der Waals surface area (Å²) in [5.74, 6) is -1.20. The van der Waals surface area contributed by atoms with Gasteiger partial charge in [-0.1, -0.05) is 29.3 Å². The van der Waals surface area contributed by atoms with Gasteiger partial charge in [-0.25, -0.2) is 9.59 Å². The first-order chi connectivity index (χ1) is 11.1. The maximum absolute atomic E-state index is 12.2. The van der Waals surface area contributed by atoms with Crippen LogP contribution in [0.3, 0.4) is 0 Å². The lowest BCUT2D eigenvalue weighted by atomic mass is 9.95. The van der Waals surface area contributed by atoms with Crippen molar-refractivity contribution in [2.24, 2.45) is 0 Å². The zero-order chi connectivity index (χ0) is 18.1. The molecular weight excluding hydrogens is 372 g/mol. The third-order valence-electron chi connectivity index (χ3n) is 3.13. The van der Waals surface area contributed by atoms with Crippen molar-refractivity contribution < 1.29 is 27.5 Å². The molecule has 2 N–H and O–H groups in total. The summed E-state index contributed by atoms with van der Waals surface area (Å²) in [5, 5.41) is 5.19. The molecule has 130 valence electrons. The number of allylic oxidation sites excluding steroid dienone is 1. The van der Waals surface area contributed by atoms with Crippen molar-refractivity contribution in [3.05, 3.63) is 45.1 Å². The Hall–Kier alpha value is -1.93. The Morgan fingerprint density at radius 2 is 1.96 bits per heavy atom. The molecule has 1 aromatic rings. The number of amides is 2. The summed E-state index contributed by atoms with van der Waals surface area (Å²) >= 11 is 11.7. The SMILES string of the molecule is CC1=C(C(=O)OCC(F)(F)F)C(c2ccc(Cl)c(Cl)c2)NC(=O)N1. The van der Waals surface area contributed by atoms with Crippen LogP contribution in [0.25, 0.3) is 0 Å². The zero-order valence-corrected chi connectivity index (χ0v) is 13.6. The molecule has 0 bridgehead atoms. The molecule has 1 aliphatic rings. The number of halogens is 5. The van der Waals surface area contributed by atoms with Crippen molar-refractivity contribution in [3.63, 3.8) is 0 Å². The van der Waals surface area contributed by atoms with Crippen LogP contribution in [-0.2, 0) is 9.53 Å². The third kappa shape index (κ3) is 4.33. The van der Waals surface area contributed by atoms with Crippen molar-refractivity contribution in [2.45, 2.75) is 19.1 Å². The van der Waals surface area contributed by atoms with E-state index in [4.69, 9.17) is 23.2 Å². The van der Waals surface area contributed by atoms with Crippen LogP contribution in [0.5, 0.6) is 0 Å². The highest BCUT2D eigenvalue weighted by molar-refractivity contribution is 6.42. The van der Waals surface area contributed by atoms with Crippen LogP contribution >= 0.6 is 23.2 Å². The molecule has 0 aromatic heterocycles. The quantitative estimate of drug-likeness (QED) is 0.782. The predicted octanol–water partition coefficient (Wildman–Crippen LogP) is 3.73. The number of nitrogens with one attached hydrogen (secondary N) is 2. The molecule has 1 heterocycles. The molecular formula is C14H11Cl2F3N2O3. The Labute approximate surface area is 144 Å². The maximum Gasteiger partial charge on any atom is 0.422 e. The van der Waals surface area contributed by atoms with Gasteiger partial charge in [0.2, 0.25) is 0 Å². The lowest BCUT2D eigenvalue weighted by molar-refractivity contribution is -0.183. The normalized spacial score (nSPS) is 18.1. The first-order valence-corrected chi connectivity index (χ1v) is 7.31. The van der Waals surface area contributed by atoms with Crippen molar-refractivity contribution in [3.8, 4) is 0 Å². The fraction of sp³-hybridized carbons (Fsp3) is 0.286. The van der Waals surface area contributed by atoms with Gasteiger partial charge in [0.05, 0.1) is 21.7 Å². The smallest absolute Gasteiger partial charge is 0.422 e. The van der Waals surface area contributed by atoms with Gasteiger partial charge in [-0.15, -0.1) is 0 Å². The fourth-order valence-electron chi connectivity index (χ4n) is 2.13. The number of ether oxygens (including phenoxy) is 1. The third-order valence-corrected chi connectivity index (χ3v) is 3.87. The van der Waals surface area contributed by atoms with Crippen LogP contribution in [0, 0.1) is 0 Å². The number of benzene rings is 1. The standard InChI is InChI=1S/C14H11Cl2F3N2O3/c1-6-10(12(22)24-5-14(17,18)19)11(21-13(23)20-6)7-2-3-8(15)9(16)4-7/h2-4,11H,5H2,1H3,(H2,20,21,23). The second-order valence-corrected chi connectivity index (χ2v) is 5.75. The molecule has 1 aliphatic heterocycles. The minimum absolute atomic E-state index is 0.0852. The number of carbonyl (C=O) groups is 2. The monoisotopic (exact) mass is 382 g/mol. The summed E-state index contributed by atoms with van der Waals surface area (Å²) in [7, 11) is 0. The number of carbonyl (C=O) groups excluding carboxylic acids is 2. The number of urea groups is 1. The van der Waals surface area contributed by atoms with Crippen LogP contribution < -0.4 is 10.6 Å². The molecule has 0 aliphatic carbocycles. The summed E-state index contributed by atoms with van der Waals surface area (Å²) < 4.78 is 41.0. The summed E-state index contributed by atoms with van der Waals surface area (Å²) in [6.45, 7) is -0.349. The van der Waals surface area contributed by atoms with Gasteiger partial charge in [0.25, 0.3) is 0 Å². The second-order valence-electron chi connectivity index (χ2n) is 4.94.